The minimum absolute atomic E-state index is 0.140. The minimum Gasteiger partial charge on any atom is -0.339 e. The van der Waals surface area contributed by atoms with Crippen LogP contribution in [0.25, 0.3) is 0 Å². The van der Waals surface area contributed by atoms with Crippen LogP contribution in [0.3, 0.4) is 0 Å². The van der Waals surface area contributed by atoms with E-state index in [0.29, 0.717) is 19.0 Å². The molecule has 2 unspecified atom stereocenters. The number of aromatic nitrogens is 2. The van der Waals surface area contributed by atoms with Crippen LogP contribution in [0.2, 0.25) is 0 Å². The maximum absolute atomic E-state index is 13.0. The number of hydrogen-bond donors (Lipinski definition) is 0. The lowest BCUT2D eigenvalue weighted by atomic mass is 10.1. The van der Waals surface area contributed by atoms with Gasteiger partial charge >= 0.3 is 0 Å². The van der Waals surface area contributed by atoms with Crippen LogP contribution in [0, 0.1) is 19.8 Å². The van der Waals surface area contributed by atoms with Gasteiger partial charge in [0.2, 0.25) is 11.8 Å². The van der Waals surface area contributed by atoms with Gasteiger partial charge in [-0.25, -0.2) is 0 Å². The molecule has 0 radical (unpaired) electrons. The van der Waals surface area contributed by atoms with Crippen molar-refractivity contribution in [3.63, 3.8) is 0 Å². The highest BCUT2D eigenvalue weighted by Gasteiger charge is 2.44. The van der Waals surface area contributed by atoms with Crippen LogP contribution in [0.4, 0.5) is 0 Å². The summed E-state index contributed by atoms with van der Waals surface area (Å²) in [6.45, 7) is 6.27. The molecule has 3 aliphatic rings. The summed E-state index contributed by atoms with van der Waals surface area (Å²) >= 11 is 0. The molecular weight excluding hydrogens is 304 g/mol. The van der Waals surface area contributed by atoms with E-state index in [-0.39, 0.29) is 23.8 Å². The quantitative estimate of drug-likeness (QED) is 0.841. The van der Waals surface area contributed by atoms with Gasteiger partial charge in [0.25, 0.3) is 0 Å². The first-order chi connectivity index (χ1) is 11.5. The molecule has 2 atom stereocenters. The monoisotopic (exact) mass is 330 g/mol. The van der Waals surface area contributed by atoms with Crippen LogP contribution in [0.5, 0.6) is 0 Å². The molecule has 1 saturated carbocycles. The molecule has 3 fully saturated rings. The van der Waals surface area contributed by atoms with Crippen LogP contribution in [0.1, 0.15) is 43.5 Å². The standard InChI is InChI=1S/C18H26N4O2/c1-12-8-13(2)22(19-12)11-16-4-3-7-20(16)18(24)14-9-17(23)21(10-14)15-5-6-15/h8,14-16H,3-7,9-11H2,1-2H3. The Morgan fingerprint density at radius 3 is 2.75 bits per heavy atom. The lowest BCUT2D eigenvalue weighted by molar-refractivity contribution is -0.136. The van der Waals surface area contributed by atoms with Gasteiger partial charge in [-0.3, -0.25) is 14.3 Å². The first kappa shape index (κ1) is 15.7. The van der Waals surface area contributed by atoms with Gasteiger partial charge in [0.15, 0.2) is 0 Å². The summed E-state index contributed by atoms with van der Waals surface area (Å²) in [5.41, 5.74) is 2.16. The van der Waals surface area contributed by atoms with Crippen molar-refractivity contribution < 1.29 is 9.59 Å². The van der Waals surface area contributed by atoms with Crippen LogP contribution in [-0.4, -0.2) is 56.6 Å². The molecule has 0 bridgehead atoms. The van der Waals surface area contributed by atoms with Gasteiger partial charge in [0, 0.05) is 31.2 Å². The first-order valence-corrected chi connectivity index (χ1v) is 9.14. The molecule has 6 nitrogen and oxygen atoms in total. The average Bonchev–Trinajstić information content (AvgIpc) is 3.01. The first-order valence-electron chi connectivity index (χ1n) is 9.14. The third-order valence-electron chi connectivity index (χ3n) is 5.64. The number of likely N-dealkylation sites (tertiary alicyclic amines) is 2. The zero-order chi connectivity index (χ0) is 16.8. The lowest BCUT2D eigenvalue weighted by Crippen LogP contribution is -2.42. The normalized spacial score (nSPS) is 27.3. The molecule has 130 valence electrons. The molecule has 0 aromatic carbocycles. The molecule has 2 amide bonds. The fourth-order valence-electron chi connectivity index (χ4n) is 4.25. The summed E-state index contributed by atoms with van der Waals surface area (Å²) in [4.78, 5) is 29.1. The van der Waals surface area contributed by atoms with E-state index in [1.165, 1.54) is 0 Å². The topological polar surface area (TPSA) is 58.4 Å². The van der Waals surface area contributed by atoms with E-state index in [0.717, 1.165) is 50.2 Å². The highest BCUT2D eigenvalue weighted by Crippen LogP contribution is 2.34. The van der Waals surface area contributed by atoms with Gasteiger partial charge in [0.05, 0.1) is 24.2 Å². The minimum atomic E-state index is -0.140. The molecule has 3 heterocycles. The number of hydrogen-bond acceptors (Lipinski definition) is 3. The van der Waals surface area contributed by atoms with E-state index in [1.54, 1.807) is 0 Å². The highest BCUT2D eigenvalue weighted by molar-refractivity contribution is 5.89. The Morgan fingerprint density at radius 2 is 2.08 bits per heavy atom. The van der Waals surface area contributed by atoms with Crippen LogP contribution in [0.15, 0.2) is 6.07 Å². The van der Waals surface area contributed by atoms with Gasteiger partial charge in [0.1, 0.15) is 0 Å². The molecular formula is C18H26N4O2. The van der Waals surface area contributed by atoms with Gasteiger partial charge in [-0.15, -0.1) is 0 Å². The van der Waals surface area contributed by atoms with Crippen molar-refractivity contribution in [1.82, 2.24) is 19.6 Å². The maximum Gasteiger partial charge on any atom is 0.228 e. The predicted octanol–water partition coefficient (Wildman–Crippen LogP) is 1.50. The van der Waals surface area contributed by atoms with Gasteiger partial charge in [-0.2, -0.15) is 5.10 Å². The third kappa shape index (κ3) is 2.82. The fraction of sp³-hybridized carbons (Fsp3) is 0.722. The third-order valence-corrected chi connectivity index (χ3v) is 5.64. The molecule has 4 rings (SSSR count). The number of amides is 2. The van der Waals surface area contributed by atoms with Gasteiger partial charge in [-0.05, 0) is 45.6 Å². The summed E-state index contributed by atoms with van der Waals surface area (Å²) in [5, 5.41) is 4.54. The second-order valence-electron chi connectivity index (χ2n) is 7.62. The van der Waals surface area contributed by atoms with E-state index in [2.05, 4.69) is 18.1 Å². The second kappa shape index (κ2) is 5.90. The molecule has 0 spiro atoms. The molecule has 1 aromatic heterocycles. The molecule has 6 heteroatoms. The van der Waals surface area contributed by atoms with E-state index >= 15 is 0 Å². The van der Waals surface area contributed by atoms with Gasteiger partial charge < -0.3 is 9.80 Å². The van der Waals surface area contributed by atoms with Crippen molar-refractivity contribution in [2.75, 3.05) is 13.1 Å². The van der Waals surface area contributed by atoms with E-state index in [9.17, 15) is 9.59 Å². The zero-order valence-electron chi connectivity index (χ0n) is 14.6. The van der Waals surface area contributed by atoms with E-state index in [1.807, 2.05) is 21.4 Å². The van der Waals surface area contributed by atoms with Crippen LogP contribution in [-0.2, 0) is 16.1 Å². The summed E-state index contributed by atoms with van der Waals surface area (Å²) < 4.78 is 2.02. The smallest absolute Gasteiger partial charge is 0.228 e. The molecule has 1 aromatic rings. The van der Waals surface area contributed by atoms with E-state index in [4.69, 9.17) is 0 Å². The number of aryl methyl sites for hydroxylation is 2. The van der Waals surface area contributed by atoms with Gasteiger partial charge in [-0.1, -0.05) is 0 Å². The Labute approximate surface area is 142 Å². The Hall–Kier alpha value is -1.85. The van der Waals surface area contributed by atoms with E-state index < -0.39 is 0 Å². The number of nitrogens with zero attached hydrogens (tertiary/aromatic N) is 4. The summed E-state index contributed by atoms with van der Waals surface area (Å²) in [6, 6.07) is 2.70. The molecule has 1 aliphatic carbocycles. The lowest BCUT2D eigenvalue weighted by Gasteiger charge is -2.27. The molecule has 2 saturated heterocycles. The summed E-state index contributed by atoms with van der Waals surface area (Å²) in [6.07, 6.45) is 4.69. The van der Waals surface area contributed by atoms with Crippen molar-refractivity contribution >= 4 is 11.8 Å². The van der Waals surface area contributed by atoms with Crippen molar-refractivity contribution in [3.05, 3.63) is 17.5 Å². The largest absolute Gasteiger partial charge is 0.339 e. The van der Waals surface area contributed by atoms with Crippen molar-refractivity contribution in [1.29, 1.82) is 0 Å². The Morgan fingerprint density at radius 1 is 1.29 bits per heavy atom. The summed E-state index contributed by atoms with van der Waals surface area (Å²) in [5.74, 6) is 0.208. The van der Waals surface area contributed by atoms with Crippen molar-refractivity contribution in [2.45, 2.75) is 64.6 Å². The van der Waals surface area contributed by atoms with Crippen LogP contribution >= 0.6 is 0 Å². The number of rotatable bonds is 4. The molecule has 0 N–H and O–H groups in total. The highest BCUT2D eigenvalue weighted by atomic mass is 16.2. The number of carbonyl (C=O) groups is 2. The zero-order valence-corrected chi connectivity index (χ0v) is 14.6. The van der Waals surface area contributed by atoms with Crippen molar-refractivity contribution in [3.8, 4) is 0 Å². The Balaban J connectivity index is 1.43. The summed E-state index contributed by atoms with van der Waals surface area (Å²) in [7, 11) is 0. The number of carbonyl (C=O) groups excluding carboxylic acids is 2. The molecule has 2 aliphatic heterocycles. The SMILES string of the molecule is Cc1cc(C)n(CC2CCCN2C(=O)C2CC(=O)N(C3CC3)C2)n1. The Kier molecular flexibility index (Phi) is 3.85. The van der Waals surface area contributed by atoms with Crippen molar-refractivity contribution in [2.24, 2.45) is 5.92 Å². The Bertz CT molecular complexity index is 664. The fourth-order valence-corrected chi connectivity index (χ4v) is 4.25. The average molecular weight is 330 g/mol. The second-order valence-corrected chi connectivity index (χ2v) is 7.62. The predicted molar refractivity (Wildman–Crippen MR) is 89.3 cm³/mol. The van der Waals surface area contributed by atoms with Crippen LogP contribution < -0.4 is 0 Å². The maximum atomic E-state index is 13.0. The molecule has 24 heavy (non-hydrogen) atoms.